The van der Waals surface area contributed by atoms with E-state index in [9.17, 15) is 14.0 Å². The molecule has 8 heteroatoms. The van der Waals surface area contributed by atoms with Crippen LogP contribution in [0.25, 0.3) is 0 Å². The van der Waals surface area contributed by atoms with Gasteiger partial charge < -0.3 is 10.2 Å². The highest BCUT2D eigenvalue weighted by atomic mass is 19.1. The Hall–Kier alpha value is -3.55. The Bertz CT molecular complexity index is 1130. The molecule has 0 radical (unpaired) electrons. The van der Waals surface area contributed by atoms with Crippen LogP contribution in [0.3, 0.4) is 0 Å². The monoisotopic (exact) mass is 463 g/mol. The third kappa shape index (κ3) is 5.16. The van der Waals surface area contributed by atoms with Crippen molar-refractivity contribution in [3.05, 3.63) is 82.7 Å². The second-order valence-electron chi connectivity index (χ2n) is 9.18. The maximum atomic E-state index is 14.4. The lowest BCUT2D eigenvalue weighted by molar-refractivity contribution is -0.138. The van der Waals surface area contributed by atoms with Crippen LogP contribution in [0.4, 0.5) is 4.39 Å². The van der Waals surface area contributed by atoms with Crippen molar-refractivity contribution in [1.82, 2.24) is 25.6 Å². The Morgan fingerprint density at radius 3 is 2.59 bits per heavy atom. The van der Waals surface area contributed by atoms with E-state index in [2.05, 4.69) is 53.6 Å². The van der Waals surface area contributed by atoms with E-state index < -0.39 is 18.3 Å². The van der Waals surface area contributed by atoms with Gasteiger partial charge in [-0.1, -0.05) is 67.6 Å². The van der Waals surface area contributed by atoms with Gasteiger partial charge in [0.15, 0.2) is 0 Å². The number of aromatic amines is 1. The van der Waals surface area contributed by atoms with Crippen LogP contribution >= 0.6 is 0 Å². The first-order valence-electron chi connectivity index (χ1n) is 11.6. The van der Waals surface area contributed by atoms with E-state index >= 15 is 0 Å². The van der Waals surface area contributed by atoms with Gasteiger partial charge in [0, 0.05) is 6.42 Å². The second-order valence-corrected chi connectivity index (χ2v) is 9.18. The number of carbonyl (C=O) groups is 2. The van der Waals surface area contributed by atoms with Crippen LogP contribution in [0.5, 0.6) is 0 Å². The number of aromatic nitrogens is 3. The lowest BCUT2D eigenvalue weighted by Crippen LogP contribution is -2.47. The topological polar surface area (TPSA) is 91.0 Å². The number of carbonyl (C=O) groups excluding carboxylic acids is 2. The zero-order valence-electron chi connectivity index (χ0n) is 19.7. The van der Waals surface area contributed by atoms with Crippen molar-refractivity contribution in [2.45, 2.75) is 57.8 Å². The molecule has 3 atom stereocenters. The van der Waals surface area contributed by atoms with Crippen LogP contribution in [0.2, 0.25) is 0 Å². The molecule has 3 unspecified atom stereocenters. The maximum absolute atomic E-state index is 14.4. The summed E-state index contributed by atoms with van der Waals surface area (Å²) in [6.45, 7) is 6.27. The molecular weight excluding hydrogens is 433 g/mol. The Kier molecular flexibility index (Phi) is 7.05. The molecule has 1 fully saturated rings. The first-order chi connectivity index (χ1) is 16.3. The van der Waals surface area contributed by atoms with Crippen molar-refractivity contribution in [2.24, 2.45) is 0 Å². The van der Waals surface area contributed by atoms with Gasteiger partial charge in [-0.25, -0.2) is 4.39 Å². The van der Waals surface area contributed by atoms with E-state index in [1.165, 1.54) is 16.7 Å². The van der Waals surface area contributed by atoms with Crippen LogP contribution in [0.15, 0.2) is 54.7 Å². The third-order valence-corrected chi connectivity index (χ3v) is 6.35. The van der Waals surface area contributed by atoms with Crippen molar-refractivity contribution >= 4 is 11.8 Å². The molecule has 0 spiro atoms. The summed E-state index contributed by atoms with van der Waals surface area (Å²) < 4.78 is 14.4. The molecule has 4 rings (SSSR count). The lowest BCUT2D eigenvalue weighted by Gasteiger charge is -2.27. The molecule has 0 aliphatic carbocycles. The molecule has 1 aliphatic rings. The average Bonchev–Trinajstić information content (AvgIpc) is 3.47. The number of likely N-dealkylation sites (tertiary alicyclic amines) is 1. The minimum Gasteiger partial charge on any atom is -0.343 e. The lowest BCUT2D eigenvalue weighted by atomic mass is 9.91. The summed E-state index contributed by atoms with van der Waals surface area (Å²) in [4.78, 5) is 27.6. The predicted molar refractivity (Wildman–Crippen MR) is 127 cm³/mol. The SMILES string of the molecule is Cc1cc(C(NC(=O)C2CC(F)CN2C(=O)Cc2cnn[nH]2)c2ccccc2)ccc1C(C)C. The Morgan fingerprint density at radius 1 is 1.18 bits per heavy atom. The zero-order valence-corrected chi connectivity index (χ0v) is 19.7. The van der Waals surface area contributed by atoms with Gasteiger partial charge in [0.1, 0.15) is 12.2 Å². The highest BCUT2D eigenvalue weighted by Crippen LogP contribution is 2.28. The van der Waals surface area contributed by atoms with Gasteiger partial charge in [-0.15, -0.1) is 5.10 Å². The summed E-state index contributed by atoms with van der Waals surface area (Å²) >= 11 is 0. The minimum absolute atomic E-state index is 0.0124. The largest absolute Gasteiger partial charge is 0.343 e. The number of nitrogens with one attached hydrogen (secondary N) is 2. The van der Waals surface area contributed by atoms with Gasteiger partial charge in [-0.05, 0) is 35.1 Å². The molecule has 2 amide bonds. The number of H-pyrrole nitrogens is 1. The number of halogens is 1. The van der Waals surface area contributed by atoms with Crippen LogP contribution in [-0.4, -0.2) is 50.9 Å². The summed E-state index contributed by atoms with van der Waals surface area (Å²) in [5, 5.41) is 13.0. The number of nitrogens with zero attached hydrogens (tertiary/aromatic N) is 3. The predicted octanol–water partition coefficient (Wildman–Crippen LogP) is 3.62. The molecule has 1 aliphatic heterocycles. The fraction of sp³-hybridized carbons (Fsp3) is 0.385. The van der Waals surface area contributed by atoms with Gasteiger partial charge in [0.05, 0.1) is 30.9 Å². The average molecular weight is 464 g/mol. The standard InChI is InChI=1S/C26H30FN5O2/c1-16(2)22-10-9-19(11-17(22)3)25(18-7-5-4-6-8-18)29-26(34)23-12-20(27)15-32(23)24(33)13-21-14-28-31-30-21/h4-11,14,16,20,23,25H,12-13,15H2,1-3H3,(H,29,34)(H,28,30,31). The zero-order chi connectivity index (χ0) is 24.2. The Morgan fingerprint density at radius 2 is 1.94 bits per heavy atom. The van der Waals surface area contributed by atoms with E-state index in [1.807, 2.05) is 36.4 Å². The van der Waals surface area contributed by atoms with Crippen molar-refractivity contribution in [1.29, 1.82) is 0 Å². The highest BCUT2D eigenvalue weighted by molar-refractivity contribution is 5.89. The molecule has 7 nitrogen and oxygen atoms in total. The number of hydrogen-bond donors (Lipinski definition) is 2. The van der Waals surface area contributed by atoms with Crippen LogP contribution in [0, 0.1) is 6.92 Å². The molecule has 34 heavy (non-hydrogen) atoms. The minimum atomic E-state index is -1.25. The van der Waals surface area contributed by atoms with E-state index in [-0.39, 0.29) is 31.2 Å². The van der Waals surface area contributed by atoms with Gasteiger partial charge in [0.2, 0.25) is 11.8 Å². The van der Waals surface area contributed by atoms with Gasteiger partial charge >= 0.3 is 0 Å². The number of benzene rings is 2. The van der Waals surface area contributed by atoms with E-state index in [0.717, 1.165) is 16.7 Å². The molecule has 3 aromatic rings. The van der Waals surface area contributed by atoms with E-state index in [1.54, 1.807) is 0 Å². The fourth-order valence-corrected chi connectivity index (χ4v) is 4.65. The summed E-state index contributed by atoms with van der Waals surface area (Å²) in [5.41, 5.74) is 4.79. The van der Waals surface area contributed by atoms with E-state index in [4.69, 9.17) is 0 Å². The molecule has 2 aromatic carbocycles. The number of hydrogen-bond acceptors (Lipinski definition) is 4. The van der Waals surface area contributed by atoms with E-state index in [0.29, 0.717) is 11.6 Å². The summed E-state index contributed by atoms with van der Waals surface area (Å²) in [6.07, 6.45) is 0.167. The molecular formula is C26H30FN5O2. The summed E-state index contributed by atoms with van der Waals surface area (Å²) in [7, 11) is 0. The van der Waals surface area contributed by atoms with Crippen LogP contribution in [-0.2, 0) is 16.0 Å². The van der Waals surface area contributed by atoms with Crippen molar-refractivity contribution in [2.75, 3.05) is 6.54 Å². The number of rotatable bonds is 7. The normalized spacial score (nSPS) is 18.8. The first kappa shape index (κ1) is 23.6. The Balaban J connectivity index is 1.59. The summed E-state index contributed by atoms with van der Waals surface area (Å²) in [6, 6.07) is 14.6. The highest BCUT2D eigenvalue weighted by Gasteiger charge is 2.40. The fourth-order valence-electron chi connectivity index (χ4n) is 4.65. The smallest absolute Gasteiger partial charge is 0.243 e. The molecule has 2 heterocycles. The molecule has 0 bridgehead atoms. The molecule has 0 saturated carbocycles. The first-order valence-corrected chi connectivity index (χ1v) is 11.6. The van der Waals surface area contributed by atoms with Crippen molar-refractivity contribution in [3.63, 3.8) is 0 Å². The molecule has 2 N–H and O–H groups in total. The third-order valence-electron chi connectivity index (χ3n) is 6.35. The van der Waals surface area contributed by atoms with Gasteiger partial charge in [-0.2, -0.15) is 0 Å². The number of amides is 2. The Labute approximate surface area is 198 Å². The second kappa shape index (κ2) is 10.2. The number of alkyl halides is 1. The van der Waals surface area contributed by atoms with Gasteiger partial charge in [0.25, 0.3) is 0 Å². The maximum Gasteiger partial charge on any atom is 0.243 e. The van der Waals surface area contributed by atoms with Crippen molar-refractivity contribution < 1.29 is 14.0 Å². The van der Waals surface area contributed by atoms with Gasteiger partial charge in [-0.3, -0.25) is 14.7 Å². The van der Waals surface area contributed by atoms with Crippen molar-refractivity contribution in [3.8, 4) is 0 Å². The molecule has 178 valence electrons. The number of aryl methyl sites for hydroxylation is 1. The molecule has 1 saturated heterocycles. The van der Waals surface area contributed by atoms with Crippen LogP contribution in [0.1, 0.15) is 60.2 Å². The molecule has 1 aromatic heterocycles. The van der Waals surface area contributed by atoms with Crippen LogP contribution < -0.4 is 5.32 Å². The quantitative estimate of drug-likeness (QED) is 0.560. The summed E-state index contributed by atoms with van der Waals surface area (Å²) in [5.74, 6) is -0.307.